The topological polar surface area (TPSA) is 9.23 Å². The molecule has 0 aliphatic heterocycles. The summed E-state index contributed by atoms with van der Waals surface area (Å²) in [6, 6.07) is 27.2. The third-order valence-corrected chi connectivity index (χ3v) is 5.86. The van der Waals surface area contributed by atoms with Crippen molar-refractivity contribution in [2.75, 3.05) is 0 Å². The van der Waals surface area contributed by atoms with Gasteiger partial charge in [-0.1, -0.05) is 92.9 Å². The fraction of sp³-hybridized carbons (Fsp3) is 0.241. The summed E-state index contributed by atoms with van der Waals surface area (Å²) in [4.78, 5) is 0. The molecule has 0 atom stereocenters. The van der Waals surface area contributed by atoms with Gasteiger partial charge in [-0.15, -0.1) is 13.2 Å². The molecule has 0 fully saturated rings. The molecular formula is C29H27F3O. The second kappa shape index (κ2) is 10.1. The Morgan fingerprint density at radius 3 is 1.79 bits per heavy atom. The van der Waals surface area contributed by atoms with Crippen molar-refractivity contribution in [1.82, 2.24) is 0 Å². The summed E-state index contributed by atoms with van der Waals surface area (Å²) >= 11 is 0. The smallest absolute Gasteiger partial charge is 0.406 e. The van der Waals surface area contributed by atoms with Gasteiger partial charge in [-0.2, -0.15) is 0 Å². The number of rotatable bonds is 8. The van der Waals surface area contributed by atoms with Crippen molar-refractivity contribution in [3.05, 3.63) is 90.5 Å². The van der Waals surface area contributed by atoms with Crippen LogP contribution in [0.4, 0.5) is 13.2 Å². The van der Waals surface area contributed by atoms with Gasteiger partial charge in [0.15, 0.2) is 0 Å². The van der Waals surface area contributed by atoms with E-state index in [0.717, 1.165) is 28.7 Å². The summed E-state index contributed by atoms with van der Waals surface area (Å²) in [5.41, 5.74) is 5.40. The molecule has 4 heteroatoms. The van der Waals surface area contributed by atoms with Crippen LogP contribution in [0.25, 0.3) is 33.0 Å². The summed E-state index contributed by atoms with van der Waals surface area (Å²) in [6.45, 7) is 2.23. The molecule has 0 N–H and O–H groups in total. The van der Waals surface area contributed by atoms with Gasteiger partial charge in [0.1, 0.15) is 5.75 Å². The zero-order valence-corrected chi connectivity index (χ0v) is 18.7. The van der Waals surface area contributed by atoms with Crippen molar-refractivity contribution >= 4 is 10.8 Å². The molecule has 4 rings (SSSR count). The van der Waals surface area contributed by atoms with Crippen LogP contribution in [-0.4, -0.2) is 6.36 Å². The standard InChI is InChI=1S/C29H27F3O/c1-2-3-4-5-6-21-7-8-27-20-26(14-13-25(27)19-21)24-11-9-22(10-12-24)23-15-17-28(18-16-23)33-29(30,31)32/h7-20H,2-6H2,1H3. The lowest BCUT2D eigenvalue weighted by atomic mass is 9.97. The van der Waals surface area contributed by atoms with Gasteiger partial charge in [0.25, 0.3) is 0 Å². The second-order valence-electron chi connectivity index (χ2n) is 8.36. The van der Waals surface area contributed by atoms with Crippen LogP contribution in [0.3, 0.4) is 0 Å². The second-order valence-corrected chi connectivity index (χ2v) is 8.36. The zero-order chi connectivity index (χ0) is 23.3. The van der Waals surface area contributed by atoms with Crippen molar-refractivity contribution in [2.24, 2.45) is 0 Å². The molecule has 0 aliphatic carbocycles. The van der Waals surface area contributed by atoms with E-state index in [0.29, 0.717) is 0 Å². The highest BCUT2D eigenvalue weighted by atomic mass is 19.4. The Labute approximate surface area is 192 Å². The minimum Gasteiger partial charge on any atom is -0.406 e. The molecule has 1 nitrogen and oxygen atoms in total. The molecule has 0 spiro atoms. The molecule has 0 heterocycles. The normalized spacial score (nSPS) is 11.6. The van der Waals surface area contributed by atoms with Crippen LogP contribution in [0.15, 0.2) is 84.9 Å². The number of hydrogen-bond donors (Lipinski definition) is 0. The average Bonchev–Trinajstić information content (AvgIpc) is 2.81. The fourth-order valence-electron chi connectivity index (χ4n) is 4.09. The Morgan fingerprint density at radius 2 is 1.15 bits per heavy atom. The molecule has 0 radical (unpaired) electrons. The summed E-state index contributed by atoms with van der Waals surface area (Å²) in [7, 11) is 0. The Balaban J connectivity index is 1.47. The fourth-order valence-corrected chi connectivity index (χ4v) is 4.09. The van der Waals surface area contributed by atoms with E-state index in [1.807, 2.05) is 24.3 Å². The third kappa shape index (κ3) is 6.16. The van der Waals surface area contributed by atoms with E-state index < -0.39 is 6.36 Å². The Morgan fingerprint density at radius 1 is 0.606 bits per heavy atom. The molecule has 0 aromatic heterocycles. The van der Waals surface area contributed by atoms with E-state index in [4.69, 9.17) is 0 Å². The average molecular weight is 449 g/mol. The highest BCUT2D eigenvalue weighted by Gasteiger charge is 2.30. The van der Waals surface area contributed by atoms with Gasteiger partial charge < -0.3 is 4.74 Å². The van der Waals surface area contributed by atoms with Crippen LogP contribution in [0, 0.1) is 0 Å². The molecule has 0 bridgehead atoms. The number of aryl methyl sites for hydroxylation is 1. The number of ether oxygens (including phenoxy) is 1. The highest BCUT2D eigenvalue weighted by molar-refractivity contribution is 5.88. The third-order valence-electron chi connectivity index (χ3n) is 5.86. The van der Waals surface area contributed by atoms with Gasteiger partial charge in [-0.25, -0.2) is 0 Å². The van der Waals surface area contributed by atoms with Crippen molar-refractivity contribution in [3.8, 4) is 28.0 Å². The maximum Gasteiger partial charge on any atom is 0.573 e. The molecule has 0 unspecified atom stereocenters. The molecule has 0 saturated heterocycles. The van der Waals surface area contributed by atoms with Crippen molar-refractivity contribution in [3.63, 3.8) is 0 Å². The number of benzene rings is 4. The number of alkyl halides is 3. The number of unbranched alkanes of at least 4 members (excludes halogenated alkanes) is 3. The van der Waals surface area contributed by atoms with Gasteiger partial charge >= 0.3 is 6.36 Å². The van der Waals surface area contributed by atoms with Gasteiger partial charge in [0.05, 0.1) is 0 Å². The monoisotopic (exact) mass is 448 g/mol. The van der Waals surface area contributed by atoms with E-state index in [1.54, 1.807) is 12.1 Å². The predicted octanol–water partition coefficient (Wildman–Crippen LogP) is 9.20. The summed E-state index contributed by atoms with van der Waals surface area (Å²) in [6.07, 6.45) is 1.52. The lowest BCUT2D eigenvalue weighted by Gasteiger charge is -2.10. The summed E-state index contributed by atoms with van der Waals surface area (Å²) in [5, 5.41) is 2.47. The molecule has 0 aliphatic rings. The van der Waals surface area contributed by atoms with E-state index in [2.05, 4.69) is 48.1 Å². The van der Waals surface area contributed by atoms with Crippen molar-refractivity contribution < 1.29 is 17.9 Å². The van der Waals surface area contributed by atoms with E-state index in [9.17, 15) is 13.2 Å². The van der Waals surface area contributed by atoms with Crippen LogP contribution in [0.5, 0.6) is 5.75 Å². The van der Waals surface area contributed by atoms with Crippen LogP contribution in [0.1, 0.15) is 38.2 Å². The summed E-state index contributed by atoms with van der Waals surface area (Å²) in [5.74, 6) is -0.219. The Kier molecular flexibility index (Phi) is 7.02. The highest BCUT2D eigenvalue weighted by Crippen LogP contribution is 2.30. The maximum absolute atomic E-state index is 12.3. The van der Waals surface area contributed by atoms with Crippen molar-refractivity contribution in [2.45, 2.75) is 45.4 Å². The van der Waals surface area contributed by atoms with Crippen LogP contribution in [-0.2, 0) is 6.42 Å². The molecule has 0 saturated carbocycles. The summed E-state index contributed by atoms with van der Waals surface area (Å²) < 4.78 is 41.0. The molecule has 0 amide bonds. The minimum atomic E-state index is -4.68. The largest absolute Gasteiger partial charge is 0.573 e. The van der Waals surface area contributed by atoms with Gasteiger partial charge in [0.2, 0.25) is 0 Å². The molecular weight excluding hydrogens is 421 g/mol. The molecule has 4 aromatic rings. The lowest BCUT2D eigenvalue weighted by Crippen LogP contribution is -2.16. The minimum absolute atomic E-state index is 0.219. The first-order valence-corrected chi connectivity index (χ1v) is 11.4. The van der Waals surface area contributed by atoms with Crippen LogP contribution >= 0.6 is 0 Å². The van der Waals surface area contributed by atoms with Crippen molar-refractivity contribution in [1.29, 1.82) is 0 Å². The number of fused-ring (bicyclic) bond motifs is 1. The quantitative estimate of drug-likeness (QED) is 0.244. The molecule has 33 heavy (non-hydrogen) atoms. The predicted molar refractivity (Wildman–Crippen MR) is 129 cm³/mol. The maximum atomic E-state index is 12.3. The number of hydrogen-bond acceptors (Lipinski definition) is 1. The first-order valence-electron chi connectivity index (χ1n) is 11.4. The Hall–Kier alpha value is -3.27. The van der Waals surface area contributed by atoms with E-state index in [1.165, 1.54) is 54.2 Å². The molecule has 170 valence electrons. The first-order chi connectivity index (χ1) is 15.9. The lowest BCUT2D eigenvalue weighted by molar-refractivity contribution is -0.274. The SMILES string of the molecule is CCCCCCc1ccc2cc(-c3ccc(-c4ccc(OC(F)(F)F)cc4)cc3)ccc2c1. The van der Waals surface area contributed by atoms with Crippen LogP contribution < -0.4 is 4.74 Å². The Bertz CT molecular complexity index is 1190. The molecule has 4 aromatic carbocycles. The van der Waals surface area contributed by atoms with Crippen LogP contribution in [0.2, 0.25) is 0 Å². The first kappa shape index (κ1) is 22.9. The van der Waals surface area contributed by atoms with Gasteiger partial charge in [-0.3, -0.25) is 0 Å². The van der Waals surface area contributed by atoms with Gasteiger partial charge in [-0.05, 0) is 69.6 Å². The van der Waals surface area contributed by atoms with E-state index in [-0.39, 0.29) is 5.75 Å². The van der Waals surface area contributed by atoms with Gasteiger partial charge in [0, 0.05) is 0 Å². The number of halogens is 3. The zero-order valence-electron chi connectivity index (χ0n) is 18.7. The van der Waals surface area contributed by atoms with E-state index >= 15 is 0 Å².